The van der Waals surface area contributed by atoms with E-state index in [1.807, 2.05) is 6.08 Å². The first kappa shape index (κ1) is 97.4. The van der Waals surface area contributed by atoms with Gasteiger partial charge < -0.3 is 89.9 Å². The lowest BCUT2D eigenvalue weighted by atomic mass is 9.96. The van der Waals surface area contributed by atoms with E-state index in [2.05, 4.69) is 79.9 Å². The van der Waals surface area contributed by atoms with Crippen LogP contribution in [0.1, 0.15) is 341 Å². The molecule has 0 aliphatic carbocycles. The first-order valence-electron chi connectivity index (χ1n) is 43.2. The number of amides is 1. The van der Waals surface area contributed by atoms with Gasteiger partial charge in [0.2, 0.25) is 5.91 Å². The first-order chi connectivity index (χ1) is 51.8. The van der Waals surface area contributed by atoms with Crippen LogP contribution in [0.25, 0.3) is 0 Å². The number of carbonyl (C=O) groups excluding carboxylic acids is 1. The summed E-state index contributed by atoms with van der Waals surface area (Å²) >= 11 is 0. The number of carbonyl (C=O) groups is 1. The van der Waals surface area contributed by atoms with Crippen molar-refractivity contribution in [2.45, 2.75) is 446 Å². The Labute approximate surface area is 642 Å². The molecule has 17 atom stereocenters. The van der Waals surface area contributed by atoms with Crippen LogP contribution in [0.3, 0.4) is 0 Å². The number of unbranched alkanes of at least 4 members (excludes halogenated alkanes) is 43. The number of hydrogen-bond acceptors (Lipinski definition) is 18. The maximum Gasteiger partial charge on any atom is 0.220 e. The predicted molar refractivity (Wildman–Crippen MR) is 425 cm³/mol. The molecule has 0 bridgehead atoms. The summed E-state index contributed by atoms with van der Waals surface area (Å²) in [6.07, 6.45) is 61.9. The molecule has 3 saturated heterocycles. The molecular formula is C87H157NO18. The van der Waals surface area contributed by atoms with Crippen molar-refractivity contribution in [2.75, 3.05) is 26.4 Å². The topological polar surface area (TPSA) is 307 Å². The number of nitrogens with one attached hydrogen (secondary N) is 1. The minimum atomic E-state index is -1.99. The lowest BCUT2D eigenvalue weighted by Gasteiger charge is -2.48. The van der Waals surface area contributed by atoms with Crippen molar-refractivity contribution in [3.05, 3.63) is 72.9 Å². The van der Waals surface area contributed by atoms with Gasteiger partial charge in [-0.25, -0.2) is 0 Å². The lowest BCUT2D eigenvalue weighted by Crippen LogP contribution is -2.66. The van der Waals surface area contributed by atoms with Gasteiger partial charge in [0.25, 0.3) is 0 Å². The van der Waals surface area contributed by atoms with Gasteiger partial charge in [-0.2, -0.15) is 0 Å². The van der Waals surface area contributed by atoms with Gasteiger partial charge in [-0.3, -0.25) is 4.79 Å². The molecule has 0 aromatic rings. The van der Waals surface area contributed by atoms with E-state index in [0.717, 1.165) is 57.8 Å². The van der Waals surface area contributed by atoms with E-state index in [1.165, 1.54) is 250 Å². The fourth-order valence-electron chi connectivity index (χ4n) is 14.3. The van der Waals surface area contributed by atoms with Gasteiger partial charge in [-0.05, 0) is 83.5 Å². The van der Waals surface area contributed by atoms with Gasteiger partial charge in [0.05, 0.1) is 38.6 Å². The van der Waals surface area contributed by atoms with Crippen LogP contribution >= 0.6 is 0 Å². The molecule has 3 heterocycles. The quantitative estimate of drug-likeness (QED) is 0.0199. The second-order valence-corrected chi connectivity index (χ2v) is 30.6. The third-order valence-electron chi connectivity index (χ3n) is 21.2. The Hall–Kier alpha value is -2.77. The van der Waals surface area contributed by atoms with Gasteiger partial charge in [-0.1, -0.05) is 324 Å². The summed E-state index contributed by atoms with van der Waals surface area (Å²) in [5, 5.41) is 121. The summed E-state index contributed by atoms with van der Waals surface area (Å²) in [4.78, 5) is 13.5. The highest BCUT2D eigenvalue weighted by atomic mass is 16.8. The Kier molecular flexibility index (Phi) is 61.4. The fourth-order valence-corrected chi connectivity index (χ4v) is 14.3. The Morgan fingerprint density at radius 3 is 1.01 bits per heavy atom. The molecule has 0 spiro atoms. The van der Waals surface area contributed by atoms with Gasteiger partial charge in [0.1, 0.15) is 73.2 Å². The molecule has 3 fully saturated rings. The highest BCUT2D eigenvalue weighted by Gasteiger charge is 2.54. The minimum absolute atomic E-state index is 0.232. The molecule has 618 valence electrons. The van der Waals surface area contributed by atoms with E-state index < -0.39 is 124 Å². The molecule has 0 aromatic heterocycles. The molecule has 3 rings (SSSR count). The van der Waals surface area contributed by atoms with Crippen LogP contribution in [0.4, 0.5) is 0 Å². The average Bonchev–Trinajstić information content (AvgIpc) is 0.779. The van der Waals surface area contributed by atoms with Crippen LogP contribution in [0.2, 0.25) is 0 Å². The number of hydrogen-bond donors (Lipinski definition) is 12. The largest absolute Gasteiger partial charge is 0.394 e. The summed E-state index contributed by atoms with van der Waals surface area (Å²) in [5.41, 5.74) is 0. The van der Waals surface area contributed by atoms with Crippen molar-refractivity contribution in [1.82, 2.24) is 5.32 Å². The van der Waals surface area contributed by atoms with E-state index in [4.69, 9.17) is 28.4 Å². The van der Waals surface area contributed by atoms with Gasteiger partial charge >= 0.3 is 0 Å². The zero-order valence-corrected chi connectivity index (χ0v) is 66.4. The molecule has 106 heavy (non-hydrogen) atoms. The van der Waals surface area contributed by atoms with Gasteiger partial charge in [0.15, 0.2) is 18.9 Å². The van der Waals surface area contributed by atoms with Crippen LogP contribution in [0, 0.1) is 0 Å². The molecular weight excluding hydrogens is 1350 g/mol. The SMILES string of the molecule is CCCCCCC/C=C\C/C=C\C/C=C\CCCCCCCCCCCCCCCCCCCCCCC(=O)NC(COC1OC(CO)C(OC2OC(CO)C(OC3OC(CO)C(O)C(O)C3O)C(O)C2O)C(O)C1O)C(O)/C=C/CC/C=C/CC/C=C/CCCCCCCCCCCCCCCCCC. The van der Waals surface area contributed by atoms with Crippen molar-refractivity contribution in [3.63, 3.8) is 0 Å². The molecule has 12 N–H and O–H groups in total. The normalized spacial score (nSPS) is 26.0. The molecule has 19 heteroatoms. The summed E-state index contributed by atoms with van der Waals surface area (Å²) in [5.74, 6) is -0.285. The third-order valence-corrected chi connectivity index (χ3v) is 21.2. The van der Waals surface area contributed by atoms with E-state index in [9.17, 15) is 61.0 Å². The van der Waals surface area contributed by atoms with Crippen LogP contribution < -0.4 is 5.32 Å². The number of aliphatic hydroxyl groups excluding tert-OH is 11. The van der Waals surface area contributed by atoms with Crippen LogP contribution in [-0.4, -0.2) is 193 Å². The smallest absolute Gasteiger partial charge is 0.220 e. The monoisotopic (exact) mass is 1500 g/mol. The summed E-state index contributed by atoms with van der Waals surface area (Å²) in [6, 6.07) is -1.00. The second kappa shape index (κ2) is 66.8. The zero-order chi connectivity index (χ0) is 76.7. The first-order valence-corrected chi connectivity index (χ1v) is 43.2. The Bertz CT molecular complexity index is 2190. The average molecular weight is 1510 g/mol. The second-order valence-electron chi connectivity index (χ2n) is 30.6. The maximum absolute atomic E-state index is 13.5. The van der Waals surface area contributed by atoms with Crippen molar-refractivity contribution in [2.24, 2.45) is 0 Å². The van der Waals surface area contributed by atoms with Crippen LogP contribution in [0.15, 0.2) is 72.9 Å². The molecule has 19 nitrogen and oxygen atoms in total. The molecule has 17 unspecified atom stereocenters. The van der Waals surface area contributed by atoms with Crippen molar-refractivity contribution < 1.29 is 89.4 Å². The van der Waals surface area contributed by atoms with E-state index in [-0.39, 0.29) is 18.9 Å². The van der Waals surface area contributed by atoms with Gasteiger partial charge in [-0.15, -0.1) is 0 Å². The molecule has 0 aromatic carbocycles. The minimum Gasteiger partial charge on any atom is -0.394 e. The highest BCUT2D eigenvalue weighted by Crippen LogP contribution is 2.33. The molecule has 0 saturated carbocycles. The maximum atomic E-state index is 13.5. The van der Waals surface area contributed by atoms with E-state index >= 15 is 0 Å². The molecule has 3 aliphatic heterocycles. The van der Waals surface area contributed by atoms with Crippen molar-refractivity contribution >= 4 is 5.91 Å². The van der Waals surface area contributed by atoms with E-state index in [1.54, 1.807) is 6.08 Å². The molecule has 3 aliphatic rings. The summed E-state index contributed by atoms with van der Waals surface area (Å²) in [7, 11) is 0. The summed E-state index contributed by atoms with van der Waals surface area (Å²) in [6.45, 7) is 1.74. The lowest BCUT2D eigenvalue weighted by molar-refractivity contribution is -0.379. The standard InChI is InChI=1S/C87H157NO18/c1-3-5-7-9-11-13-15-17-19-21-23-25-27-29-31-32-33-34-35-36-37-38-39-41-43-45-47-49-51-53-55-57-59-61-63-65-75(93)88-70(71(92)64-62-60-58-56-54-52-50-48-46-44-42-40-30-28-26-24-22-20-18-16-14-12-10-8-6-4-2)69-101-85-81(99)78(96)83(73(67-90)103-85)106-87-82(100)79(97)84(74(68-91)104-87)105-86-80(98)77(95)76(94)72(66-89)102-86/h15,17,21,23,27,29,46,48,54,56,62,64,70-74,76-87,89-92,94-100H,3-14,16,18-20,22,24-26,28,30-45,47,49-53,55,57-61,63,65-69H2,1-2H3,(H,88,93)/b17-15-,23-21-,29-27-,48-46+,56-54+,64-62+. The van der Waals surface area contributed by atoms with Gasteiger partial charge in [0, 0.05) is 6.42 Å². The zero-order valence-electron chi connectivity index (χ0n) is 66.4. The van der Waals surface area contributed by atoms with Crippen LogP contribution in [0.5, 0.6) is 0 Å². The Morgan fingerprint density at radius 2 is 0.632 bits per heavy atom. The fraction of sp³-hybridized carbons (Fsp3) is 0.851. The number of ether oxygens (including phenoxy) is 6. The van der Waals surface area contributed by atoms with Crippen molar-refractivity contribution in [3.8, 4) is 0 Å². The molecule has 1 amide bonds. The van der Waals surface area contributed by atoms with Crippen LogP contribution in [-0.2, 0) is 33.2 Å². The van der Waals surface area contributed by atoms with Crippen molar-refractivity contribution in [1.29, 1.82) is 0 Å². The molecule has 0 radical (unpaired) electrons. The Morgan fingerprint density at radius 1 is 0.340 bits per heavy atom. The van der Waals surface area contributed by atoms with E-state index in [0.29, 0.717) is 12.8 Å². The highest BCUT2D eigenvalue weighted by molar-refractivity contribution is 5.76. The predicted octanol–water partition coefficient (Wildman–Crippen LogP) is 15.6. The third kappa shape index (κ3) is 45.7. The number of allylic oxidation sites excluding steroid dienone is 11. The number of aliphatic hydroxyl groups is 11. The number of rotatable bonds is 69. The Balaban J connectivity index is 1.35. The summed E-state index contributed by atoms with van der Waals surface area (Å²) < 4.78 is 34.5.